The fraction of sp³-hybridized carbons (Fsp3) is 0.167. The molecule has 0 spiro atoms. The molecule has 5 aliphatic rings. The molecule has 8 N–H and O–H groups in total. The summed E-state index contributed by atoms with van der Waals surface area (Å²) in [6.07, 6.45) is 5.76. The molecule has 0 aromatic rings. The second-order valence-corrected chi connectivity index (χ2v) is 8.64. The predicted molar refractivity (Wildman–Crippen MR) is 142 cm³/mol. The Morgan fingerprint density at radius 3 is 0.722 bits per heavy atom. The Bertz CT molecular complexity index is 1230. The van der Waals surface area contributed by atoms with Gasteiger partial charge in [-0.05, 0) is 24.3 Å². The first-order valence-electron chi connectivity index (χ1n) is 10.9. The van der Waals surface area contributed by atoms with E-state index in [2.05, 4.69) is 20.0 Å². The van der Waals surface area contributed by atoms with Gasteiger partial charge in [0.1, 0.15) is 0 Å². The van der Waals surface area contributed by atoms with E-state index in [1.54, 1.807) is 0 Å². The maximum absolute atomic E-state index is 8.32. The predicted octanol–water partition coefficient (Wildman–Crippen LogP) is 3.07. The smallest absolute Gasteiger partial charge is 0.0871 e. The third kappa shape index (κ3) is 4.04. The van der Waals surface area contributed by atoms with Gasteiger partial charge in [0.05, 0.1) is 91.3 Å². The monoisotopic (exact) mass is 476 g/mol. The SMILES string of the molecule is N=C1CC(=N)C2=NC3=CC(=NC4=CC(=NC5=CC(=NC1=C2)C(=N)CC5=N)C(=N)CC4=N)C(=N)CC3=N. The highest BCUT2D eigenvalue weighted by molar-refractivity contribution is 6.56. The lowest BCUT2D eigenvalue weighted by Crippen LogP contribution is -2.29. The van der Waals surface area contributed by atoms with Crippen LogP contribution in [0.5, 0.6) is 0 Å². The van der Waals surface area contributed by atoms with Gasteiger partial charge in [-0.25, -0.2) is 20.0 Å². The minimum Gasteiger partial charge on any atom is -0.303 e. The van der Waals surface area contributed by atoms with Crippen LogP contribution in [0.4, 0.5) is 0 Å². The molecule has 0 saturated carbocycles. The summed E-state index contributed by atoms with van der Waals surface area (Å²) in [7, 11) is 0. The van der Waals surface area contributed by atoms with Crippen LogP contribution >= 0.6 is 0 Å². The van der Waals surface area contributed by atoms with E-state index in [1.807, 2.05) is 0 Å². The molecule has 0 aromatic carbocycles. The lowest BCUT2D eigenvalue weighted by Gasteiger charge is -2.21. The second-order valence-electron chi connectivity index (χ2n) is 8.64. The Labute approximate surface area is 204 Å². The number of fused-ring (bicyclic) bond motifs is 4. The molecule has 0 atom stereocenters. The maximum atomic E-state index is 8.32. The fourth-order valence-corrected chi connectivity index (χ4v) is 3.96. The van der Waals surface area contributed by atoms with Crippen molar-refractivity contribution in [3.8, 4) is 0 Å². The first-order chi connectivity index (χ1) is 17.1. The van der Waals surface area contributed by atoms with E-state index >= 15 is 0 Å². The van der Waals surface area contributed by atoms with Crippen molar-refractivity contribution in [1.29, 1.82) is 43.3 Å². The number of rotatable bonds is 0. The first-order valence-corrected chi connectivity index (χ1v) is 10.9. The molecule has 0 fully saturated rings. The molecular formula is C24H20N12. The molecule has 0 unspecified atom stereocenters. The minimum atomic E-state index is -0.0257. The Morgan fingerprint density at radius 2 is 0.528 bits per heavy atom. The van der Waals surface area contributed by atoms with Gasteiger partial charge in [0.15, 0.2) is 0 Å². The molecular weight excluding hydrogens is 456 g/mol. The Morgan fingerprint density at radius 1 is 0.333 bits per heavy atom. The highest BCUT2D eigenvalue weighted by Gasteiger charge is 2.27. The molecule has 1 heterocycles. The van der Waals surface area contributed by atoms with Gasteiger partial charge >= 0.3 is 0 Å². The molecule has 5 rings (SSSR count). The third-order valence-electron chi connectivity index (χ3n) is 5.95. The molecule has 0 aromatic heterocycles. The summed E-state index contributed by atoms with van der Waals surface area (Å²) in [5.41, 5.74) is 2.43. The number of hydrogen-bond acceptors (Lipinski definition) is 12. The van der Waals surface area contributed by atoms with Crippen molar-refractivity contribution in [2.24, 2.45) is 20.0 Å². The molecule has 0 radical (unpaired) electrons. The van der Waals surface area contributed by atoms with Crippen LogP contribution in [0.15, 0.2) is 67.1 Å². The van der Waals surface area contributed by atoms with E-state index in [4.69, 9.17) is 43.3 Å². The summed E-state index contributed by atoms with van der Waals surface area (Å²) >= 11 is 0. The zero-order valence-corrected chi connectivity index (χ0v) is 18.9. The van der Waals surface area contributed by atoms with Gasteiger partial charge in [0.2, 0.25) is 0 Å². The number of hydrogen-bond donors (Lipinski definition) is 8. The van der Waals surface area contributed by atoms with Crippen molar-refractivity contribution >= 4 is 68.5 Å². The van der Waals surface area contributed by atoms with Gasteiger partial charge < -0.3 is 43.3 Å². The van der Waals surface area contributed by atoms with Crippen LogP contribution in [0.25, 0.3) is 0 Å². The summed E-state index contributed by atoms with van der Waals surface area (Å²) in [6.45, 7) is 0. The molecule has 0 amide bonds. The summed E-state index contributed by atoms with van der Waals surface area (Å²) in [5, 5.41) is 66.6. The number of aliphatic imine (C=N–C) groups is 4. The molecule has 12 nitrogen and oxygen atoms in total. The zero-order chi connectivity index (χ0) is 25.7. The van der Waals surface area contributed by atoms with Gasteiger partial charge in [-0.1, -0.05) is 0 Å². The average Bonchev–Trinajstić information content (AvgIpc) is 2.79. The van der Waals surface area contributed by atoms with Crippen LogP contribution < -0.4 is 0 Å². The maximum Gasteiger partial charge on any atom is 0.0871 e. The van der Waals surface area contributed by atoms with Crippen molar-refractivity contribution in [3.63, 3.8) is 0 Å². The Kier molecular flexibility index (Phi) is 5.28. The quantitative estimate of drug-likeness (QED) is 0.251. The molecule has 1 aliphatic heterocycles. The number of nitrogens with zero attached hydrogens (tertiary/aromatic N) is 4. The highest BCUT2D eigenvalue weighted by atomic mass is 14.9. The van der Waals surface area contributed by atoms with Gasteiger partial charge in [-0.2, -0.15) is 0 Å². The summed E-state index contributed by atoms with van der Waals surface area (Å²) in [5.74, 6) is 0. The molecule has 176 valence electrons. The van der Waals surface area contributed by atoms with E-state index in [0.29, 0.717) is 0 Å². The van der Waals surface area contributed by atoms with Crippen molar-refractivity contribution < 1.29 is 0 Å². The standard InChI is InChI=1S/C24H20N12/c25-9-1-10(26)18-5-17(9)33-19-6-21(13(29)2-11(19)27)35-23-8-24(16(32)4-15(23)31)36-22-7-20(34-18)12(28)3-14(22)30/h5-8,25-32H,1-4H2. The Hall–Kier alpha value is -5.00. The second kappa shape index (κ2) is 8.34. The van der Waals surface area contributed by atoms with Crippen molar-refractivity contribution in [3.05, 3.63) is 47.1 Å². The summed E-state index contributed by atoms with van der Waals surface area (Å²) in [6, 6.07) is 0. The van der Waals surface area contributed by atoms with Crippen LogP contribution in [0.3, 0.4) is 0 Å². The molecule has 4 aliphatic carbocycles. The van der Waals surface area contributed by atoms with Crippen molar-refractivity contribution in [2.45, 2.75) is 25.7 Å². The third-order valence-corrected chi connectivity index (χ3v) is 5.95. The average molecular weight is 477 g/mol. The van der Waals surface area contributed by atoms with E-state index in [-0.39, 0.29) is 117 Å². The normalized spacial score (nSPS) is 22.7. The molecule has 36 heavy (non-hydrogen) atoms. The van der Waals surface area contributed by atoms with Crippen LogP contribution in [0, 0.1) is 43.3 Å². The fourth-order valence-electron chi connectivity index (χ4n) is 3.96. The molecule has 0 saturated heterocycles. The number of allylic oxidation sites excluding steroid dienone is 8. The highest BCUT2D eigenvalue weighted by Crippen LogP contribution is 2.22. The van der Waals surface area contributed by atoms with E-state index in [1.165, 1.54) is 24.3 Å². The van der Waals surface area contributed by atoms with E-state index < -0.39 is 0 Å². The zero-order valence-electron chi connectivity index (χ0n) is 18.9. The lowest BCUT2D eigenvalue weighted by molar-refractivity contribution is 1.25. The van der Waals surface area contributed by atoms with E-state index in [0.717, 1.165) is 0 Å². The van der Waals surface area contributed by atoms with Gasteiger partial charge in [-0.15, -0.1) is 0 Å². The largest absolute Gasteiger partial charge is 0.303 e. The lowest BCUT2D eigenvalue weighted by atomic mass is 9.94. The van der Waals surface area contributed by atoms with Crippen LogP contribution in [0.1, 0.15) is 25.7 Å². The minimum absolute atomic E-state index is 0.0257. The summed E-state index contributed by atoms with van der Waals surface area (Å²) < 4.78 is 0. The van der Waals surface area contributed by atoms with Crippen molar-refractivity contribution in [2.75, 3.05) is 0 Å². The van der Waals surface area contributed by atoms with E-state index in [9.17, 15) is 0 Å². The van der Waals surface area contributed by atoms with Crippen LogP contribution in [-0.2, 0) is 0 Å². The first kappa shape index (κ1) is 22.8. The van der Waals surface area contributed by atoms with Gasteiger partial charge in [-0.3, -0.25) is 0 Å². The van der Waals surface area contributed by atoms with Gasteiger partial charge in [0, 0.05) is 25.7 Å². The Balaban J connectivity index is 1.81. The van der Waals surface area contributed by atoms with Crippen LogP contribution in [-0.4, -0.2) is 68.5 Å². The molecule has 12 heteroatoms. The van der Waals surface area contributed by atoms with Crippen LogP contribution in [0.2, 0.25) is 0 Å². The van der Waals surface area contributed by atoms with Crippen molar-refractivity contribution in [1.82, 2.24) is 0 Å². The topological polar surface area (TPSA) is 240 Å². The number of nitrogens with one attached hydrogen (secondary N) is 8. The molecule has 8 bridgehead atoms. The van der Waals surface area contributed by atoms with Gasteiger partial charge in [0.25, 0.3) is 0 Å². The summed E-state index contributed by atoms with van der Waals surface area (Å²) in [4.78, 5) is 17.9.